The first-order chi connectivity index (χ1) is 7.72. The van der Waals surface area contributed by atoms with Gasteiger partial charge in [-0.25, -0.2) is 0 Å². The maximum absolute atomic E-state index is 5.85. The van der Waals surface area contributed by atoms with E-state index < -0.39 is 0 Å². The lowest BCUT2D eigenvalue weighted by Crippen LogP contribution is -2.50. The molecule has 16 heavy (non-hydrogen) atoms. The maximum atomic E-state index is 5.85. The summed E-state index contributed by atoms with van der Waals surface area (Å²) in [6, 6.07) is 0.704. The summed E-state index contributed by atoms with van der Waals surface area (Å²) < 4.78 is 5.85. The van der Waals surface area contributed by atoms with Gasteiger partial charge in [-0.3, -0.25) is 4.90 Å². The molecule has 0 aromatic rings. The van der Waals surface area contributed by atoms with Crippen LogP contribution in [0.15, 0.2) is 0 Å². The third kappa shape index (κ3) is 2.74. The van der Waals surface area contributed by atoms with Crippen molar-refractivity contribution in [1.29, 1.82) is 0 Å². The zero-order valence-electron chi connectivity index (χ0n) is 10.6. The van der Waals surface area contributed by atoms with Crippen molar-refractivity contribution in [3.8, 4) is 0 Å². The Hall–Kier alpha value is 0.270. The summed E-state index contributed by atoms with van der Waals surface area (Å²) in [4.78, 5) is 2.67. The van der Waals surface area contributed by atoms with E-state index in [0.29, 0.717) is 12.1 Å². The van der Waals surface area contributed by atoms with Crippen molar-refractivity contribution >= 4 is 12.6 Å². The van der Waals surface area contributed by atoms with Gasteiger partial charge >= 0.3 is 0 Å². The Morgan fingerprint density at radius 2 is 2.19 bits per heavy atom. The Balaban J connectivity index is 1.92. The van der Waals surface area contributed by atoms with Crippen LogP contribution in [0.4, 0.5) is 0 Å². The number of ether oxygens (including phenoxy) is 1. The second-order valence-electron chi connectivity index (χ2n) is 5.59. The van der Waals surface area contributed by atoms with Crippen LogP contribution in [0, 0.1) is 11.8 Å². The van der Waals surface area contributed by atoms with Crippen molar-refractivity contribution < 1.29 is 4.74 Å². The van der Waals surface area contributed by atoms with Crippen LogP contribution < -0.4 is 0 Å². The second kappa shape index (κ2) is 5.74. The highest BCUT2D eigenvalue weighted by atomic mass is 32.1. The molecule has 1 aliphatic heterocycles. The van der Waals surface area contributed by atoms with E-state index in [1.54, 1.807) is 0 Å². The Morgan fingerprint density at radius 3 is 2.88 bits per heavy atom. The predicted octanol–water partition coefficient (Wildman–Crippen LogP) is 2.44. The highest BCUT2D eigenvalue weighted by Crippen LogP contribution is 2.30. The lowest BCUT2D eigenvalue weighted by atomic mass is 9.96. The molecule has 2 aliphatic rings. The first kappa shape index (κ1) is 12.7. The van der Waals surface area contributed by atoms with E-state index in [4.69, 9.17) is 4.74 Å². The summed E-state index contributed by atoms with van der Waals surface area (Å²) in [5, 5.41) is 0. The summed E-state index contributed by atoms with van der Waals surface area (Å²) in [6.45, 7) is 7.89. The predicted molar refractivity (Wildman–Crippen MR) is 71.1 cm³/mol. The van der Waals surface area contributed by atoms with Gasteiger partial charge < -0.3 is 4.74 Å². The molecule has 0 aromatic carbocycles. The molecule has 0 radical (unpaired) electrons. The number of thiol groups is 1. The maximum Gasteiger partial charge on any atom is 0.0730 e. The van der Waals surface area contributed by atoms with Crippen LogP contribution in [0.2, 0.25) is 0 Å². The lowest BCUT2D eigenvalue weighted by molar-refractivity contribution is -0.0610. The first-order valence-corrected chi connectivity index (χ1v) is 7.32. The van der Waals surface area contributed by atoms with Gasteiger partial charge in [0.15, 0.2) is 0 Å². The third-order valence-electron chi connectivity index (χ3n) is 4.24. The van der Waals surface area contributed by atoms with E-state index in [9.17, 15) is 0 Å². The van der Waals surface area contributed by atoms with Gasteiger partial charge in [0.1, 0.15) is 0 Å². The normalized spacial score (nSPS) is 33.0. The van der Waals surface area contributed by atoms with Crippen molar-refractivity contribution in [2.75, 3.05) is 25.4 Å². The molecule has 1 aliphatic carbocycles. The molecule has 2 fully saturated rings. The van der Waals surface area contributed by atoms with Crippen molar-refractivity contribution in [3.63, 3.8) is 0 Å². The van der Waals surface area contributed by atoms with Gasteiger partial charge in [0.05, 0.1) is 12.7 Å². The number of rotatable bonds is 4. The zero-order valence-corrected chi connectivity index (χ0v) is 11.5. The molecule has 0 aromatic heterocycles. The second-order valence-corrected chi connectivity index (χ2v) is 5.95. The minimum Gasteiger partial charge on any atom is -0.375 e. The molecule has 1 saturated heterocycles. The molecule has 0 N–H and O–H groups in total. The van der Waals surface area contributed by atoms with E-state index in [1.165, 1.54) is 25.8 Å². The van der Waals surface area contributed by atoms with Crippen LogP contribution in [0.1, 0.15) is 33.1 Å². The molecule has 1 saturated carbocycles. The topological polar surface area (TPSA) is 12.5 Å². The molecule has 1 heterocycles. The molecule has 0 amide bonds. The van der Waals surface area contributed by atoms with Crippen LogP contribution in [0.25, 0.3) is 0 Å². The molecule has 3 heteroatoms. The average molecular weight is 243 g/mol. The van der Waals surface area contributed by atoms with Gasteiger partial charge in [0.2, 0.25) is 0 Å². The highest BCUT2D eigenvalue weighted by Gasteiger charge is 2.36. The fourth-order valence-corrected chi connectivity index (χ4v) is 3.55. The van der Waals surface area contributed by atoms with Crippen LogP contribution in [0.5, 0.6) is 0 Å². The number of fused-ring (bicyclic) bond motifs is 1. The summed E-state index contributed by atoms with van der Waals surface area (Å²) in [5.74, 6) is 2.47. The lowest BCUT2D eigenvalue weighted by Gasteiger charge is -2.40. The monoisotopic (exact) mass is 243 g/mol. The van der Waals surface area contributed by atoms with Gasteiger partial charge in [0.25, 0.3) is 0 Å². The largest absolute Gasteiger partial charge is 0.375 e. The van der Waals surface area contributed by atoms with Crippen LogP contribution in [-0.4, -0.2) is 42.5 Å². The summed E-state index contributed by atoms with van der Waals surface area (Å²) >= 11 is 4.49. The molecule has 0 spiro atoms. The highest BCUT2D eigenvalue weighted by molar-refractivity contribution is 7.80. The SMILES string of the molecule is CC(C)C(CS)CN1CCOC2CCCC21. The molecule has 3 atom stereocenters. The number of morpholine rings is 1. The summed E-state index contributed by atoms with van der Waals surface area (Å²) in [6.07, 6.45) is 4.48. The Bertz CT molecular complexity index is 222. The van der Waals surface area contributed by atoms with Crippen LogP contribution >= 0.6 is 12.6 Å². The molecule has 2 nitrogen and oxygen atoms in total. The van der Waals surface area contributed by atoms with E-state index >= 15 is 0 Å². The van der Waals surface area contributed by atoms with Gasteiger partial charge in [-0.2, -0.15) is 12.6 Å². The molecule has 2 rings (SSSR count). The molecule has 0 bridgehead atoms. The van der Waals surface area contributed by atoms with E-state index in [0.717, 1.165) is 30.7 Å². The van der Waals surface area contributed by atoms with Gasteiger partial charge in [-0.1, -0.05) is 13.8 Å². The minimum absolute atomic E-state index is 0.529. The summed E-state index contributed by atoms with van der Waals surface area (Å²) in [7, 11) is 0. The van der Waals surface area contributed by atoms with Crippen molar-refractivity contribution in [1.82, 2.24) is 4.90 Å². The summed E-state index contributed by atoms with van der Waals surface area (Å²) in [5.41, 5.74) is 0. The minimum atomic E-state index is 0.529. The van der Waals surface area contributed by atoms with Gasteiger partial charge in [0, 0.05) is 19.1 Å². The van der Waals surface area contributed by atoms with Crippen molar-refractivity contribution in [2.24, 2.45) is 11.8 Å². The molecular formula is C13H25NOS. The Morgan fingerprint density at radius 1 is 1.38 bits per heavy atom. The number of hydrogen-bond donors (Lipinski definition) is 1. The standard InChI is InChI=1S/C13H25NOS/c1-10(2)11(9-16)8-14-6-7-15-13-5-3-4-12(13)14/h10-13,16H,3-9H2,1-2H3. The van der Waals surface area contributed by atoms with Crippen LogP contribution in [-0.2, 0) is 4.74 Å². The first-order valence-electron chi connectivity index (χ1n) is 6.69. The van der Waals surface area contributed by atoms with Crippen LogP contribution in [0.3, 0.4) is 0 Å². The van der Waals surface area contributed by atoms with Crippen molar-refractivity contribution in [2.45, 2.75) is 45.3 Å². The van der Waals surface area contributed by atoms with E-state index in [2.05, 4.69) is 31.4 Å². The fraction of sp³-hybridized carbons (Fsp3) is 1.00. The quantitative estimate of drug-likeness (QED) is 0.762. The molecular weight excluding hydrogens is 218 g/mol. The van der Waals surface area contributed by atoms with Gasteiger partial charge in [-0.05, 0) is 36.9 Å². The Kier molecular flexibility index (Phi) is 4.57. The smallest absolute Gasteiger partial charge is 0.0730 e. The average Bonchev–Trinajstić information content (AvgIpc) is 2.73. The Labute approximate surface area is 105 Å². The van der Waals surface area contributed by atoms with Gasteiger partial charge in [-0.15, -0.1) is 0 Å². The third-order valence-corrected chi connectivity index (χ3v) is 4.71. The van der Waals surface area contributed by atoms with E-state index in [1.807, 2.05) is 0 Å². The fourth-order valence-electron chi connectivity index (χ4n) is 3.01. The molecule has 94 valence electrons. The van der Waals surface area contributed by atoms with E-state index in [-0.39, 0.29) is 0 Å². The number of nitrogens with zero attached hydrogens (tertiary/aromatic N) is 1. The zero-order chi connectivity index (χ0) is 11.5. The van der Waals surface area contributed by atoms with Crippen molar-refractivity contribution in [3.05, 3.63) is 0 Å². The molecule has 3 unspecified atom stereocenters. The number of hydrogen-bond acceptors (Lipinski definition) is 3.